The zero-order chi connectivity index (χ0) is 12.0. The highest BCUT2D eigenvalue weighted by Crippen LogP contribution is 2.04. The third kappa shape index (κ3) is 3.39. The fourth-order valence-electron chi connectivity index (χ4n) is 1.78. The number of aromatic nitrogens is 2. The predicted molar refractivity (Wildman–Crippen MR) is 67.0 cm³/mol. The Morgan fingerprint density at radius 3 is 2.88 bits per heavy atom. The van der Waals surface area contributed by atoms with E-state index in [4.69, 9.17) is 6.42 Å². The molecule has 0 radical (unpaired) electrons. The van der Waals surface area contributed by atoms with Crippen molar-refractivity contribution >= 4 is 0 Å². The summed E-state index contributed by atoms with van der Waals surface area (Å²) in [5.74, 6) is 2.78. The van der Waals surface area contributed by atoms with Crippen molar-refractivity contribution in [3.63, 3.8) is 0 Å². The van der Waals surface area contributed by atoms with Gasteiger partial charge in [-0.1, -0.05) is 19.3 Å². The normalized spacial score (nSPS) is 12.4. The van der Waals surface area contributed by atoms with E-state index in [2.05, 4.69) is 36.2 Å². The van der Waals surface area contributed by atoms with Crippen LogP contribution in [0.4, 0.5) is 0 Å². The predicted octanol–water partition coefficient (Wildman–Crippen LogP) is 2.10. The lowest BCUT2D eigenvalue weighted by Crippen LogP contribution is -2.27. The van der Waals surface area contributed by atoms with Crippen molar-refractivity contribution in [2.75, 3.05) is 0 Å². The van der Waals surface area contributed by atoms with Crippen LogP contribution in [0.5, 0.6) is 0 Å². The second kappa shape index (κ2) is 6.34. The summed E-state index contributed by atoms with van der Waals surface area (Å²) in [6.45, 7) is 7.95. The van der Waals surface area contributed by atoms with Gasteiger partial charge in [-0.15, -0.1) is 6.42 Å². The Morgan fingerprint density at radius 1 is 1.56 bits per heavy atom. The lowest BCUT2D eigenvalue weighted by Gasteiger charge is -2.12. The number of hydrogen-bond acceptors (Lipinski definition) is 2. The van der Waals surface area contributed by atoms with Crippen molar-refractivity contribution in [2.45, 2.75) is 52.7 Å². The molecule has 1 atom stereocenters. The zero-order valence-corrected chi connectivity index (χ0v) is 10.5. The standard InChI is InChI=1S/C13H21N3/c1-5-8-12(6-2)14-10-13-9-11(4)15-16(13)7-3/h2,9,12,14H,5,7-8,10H2,1,3-4H3. The summed E-state index contributed by atoms with van der Waals surface area (Å²) in [7, 11) is 0. The molecular weight excluding hydrogens is 198 g/mol. The number of rotatable bonds is 6. The van der Waals surface area contributed by atoms with Crippen LogP contribution in [0.2, 0.25) is 0 Å². The van der Waals surface area contributed by atoms with E-state index in [1.807, 2.05) is 11.6 Å². The van der Waals surface area contributed by atoms with Crippen molar-refractivity contribution in [3.8, 4) is 12.3 Å². The number of hydrogen-bond donors (Lipinski definition) is 1. The zero-order valence-electron chi connectivity index (χ0n) is 10.5. The highest BCUT2D eigenvalue weighted by molar-refractivity contribution is 5.10. The van der Waals surface area contributed by atoms with Crippen molar-refractivity contribution in [2.24, 2.45) is 0 Å². The topological polar surface area (TPSA) is 29.9 Å². The van der Waals surface area contributed by atoms with E-state index in [0.29, 0.717) is 0 Å². The maximum Gasteiger partial charge on any atom is 0.0689 e. The maximum absolute atomic E-state index is 5.46. The first-order valence-corrected chi connectivity index (χ1v) is 5.94. The third-order valence-corrected chi connectivity index (χ3v) is 2.59. The summed E-state index contributed by atoms with van der Waals surface area (Å²) in [5.41, 5.74) is 2.27. The van der Waals surface area contributed by atoms with Gasteiger partial charge in [-0.3, -0.25) is 10.00 Å². The largest absolute Gasteiger partial charge is 0.298 e. The van der Waals surface area contributed by atoms with Crippen molar-refractivity contribution in [1.29, 1.82) is 0 Å². The van der Waals surface area contributed by atoms with Crippen LogP contribution >= 0.6 is 0 Å². The number of nitrogens with zero attached hydrogens (tertiary/aromatic N) is 2. The van der Waals surface area contributed by atoms with Crippen LogP contribution in [0.3, 0.4) is 0 Å². The molecular formula is C13H21N3. The number of nitrogens with one attached hydrogen (secondary N) is 1. The van der Waals surface area contributed by atoms with Crippen LogP contribution < -0.4 is 5.32 Å². The molecule has 0 spiro atoms. The smallest absolute Gasteiger partial charge is 0.0689 e. The van der Waals surface area contributed by atoms with E-state index in [9.17, 15) is 0 Å². The second-order valence-corrected chi connectivity index (χ2v) is 3.98. The monoisotopic (exact) mass is 219 g/mol. The molecule has 16 heavy (non-hydrogen) atoms. The van der Waals surface area contributed by atoms with Gasteiger partial charge in [0.1, 0.15) is 0 Å². The highest BCUT2D eigenvalue weighted by atomic mass is 15.3. The van der Waals surface area contributed by atoms with Gasteiger partial charge in [-0.2, -0.15) is 5.10 Å². The maximum atomic E-state index is 5.46. The summed E-state index contributed by atoms with van der Waals surface area (Å²) in [5, 5.41) is 7.78. The van der Waals surface area contributed by atoms with Gasteiger partial charge < -0.3 is 0 Å². The van der Waals surface area contributed by atoms with Crippen LogP contribution in [0.25, 0.3) is 0 Å². The molecule has 0 saturated heterocycles. The van der Waals surface area contributed by atoms with Gasteiger partial charge >= 0.3 is 0 Å². The summed E-state index contributed by atoms with van der Waals surface area (Å²) in [6, 6.07) is 2.28. The Labute approximate surface area is 98.2 Å². The Hall–Kier alpha value is -1.27. The molecule has 0 amide bonds. The molecule has 1 aromatic heterocycles. The SMILES string of the molecule is C#CC(CCC)NCc1cc(C)nn1CC. The molecule has 3 nitrogen and oxygen atoms in total. The van der Waals surface area contributed by atoms with Crippen LogP contribution in [0.1, 0.15) is 38.1 Å². The Bertz CT molecular complexity index is 360. The Morgan fingerprint density at radius 2 is 2.31 bits per heavy atom. The van der Waals surface area contributed by atoms with Gasteiger partial charge in [0.15, 0.2) is 0 Å². The molecule has 1 rings (SSSR count). The highest BCUT2D eigenvalue weighted by Gasteiger charge is 2.07. The lowest BCUT2D eigenvalue weighted by atomic mass is 10.2. The van der Waals surface area contributed by atoms with Crippen molar-refractivity contribution in [1.82, 2.24) is 15.1 Å². The van der Waals surface area contributed by atoms with Crippen LogP contribution in [-0.2, 0) is 13.1 Å². The molecule has 1 aromatic rings. The van der Waals surface area contributed by atoms with Gasteiger partial charge in [-0.25, -0.2) is 0 Å². The molecule has 0 aliphatic carbocycles. The molecule has 3 heteroatoms. The van der Waals surface area contributed by atoms with E-state index >= 15 is 0 Å². The van der Waals surface area contributed by atoms with E-state index in [1.54, 1.807) is 0 Å². The van der Waals surface area contributed by atoms with Crippen molar-refractivity contribution < 1.29 is 0 Å². The molecule has 1 unspecified atom stereocenters. The first-order valence-electron chi connectivity index (χ1n) is 5.94. The molecule has 0 saturated carbocycles. The first kappa shape index (κ1) is 12.8. The first-order chi connectivity index (χ1) is 7.71. The van der Waals surface area contributed by atoms with E-state index in [0.717, 1.165) is 31.6 Å². The van der Waals surface area contributed by atoms with Crippen molar-refractivity contribution in [3.05, 3.63) is 17.5 Å². The van der Waals surface area contributed by atoms with Crippen LogP contribution in [-0.4, -0.2) is 15.8 Å². The molecule has 1 N–H and O–H groups in total. The van der Waals surface area contributed by atoms with Gasteiger partial charge in [0.05, 0.1) is 17.4 Å². The Balaban J connectivity index is 2.56. The van der Waals surface area contributed by atoms with Gasteiger partial charge in [0.25, 0.3) is 0 Å². The van der Waals surface area contributed by atoms with Crippen LogP contribution in [0.15, 0.2) is 6.07 Å². The van der Waals surface area contributed by atoms with E-state index in [-0.39, 0.29) is 6.04 Å². The molecule has 0 aliphatic rings. The molecule has 0 bridgehead atoms. The minimum atomic E-state index is 0.172. The Kier molecular flexibility index (Phi) is 5.07. The van der Waals surface area contributed by atoms with E-state index in [1.165, 1.54) is 5.69 Å². The quantitative estimate of drug-likeness (QED) is 0.743. The lowest BCUT2D eigenvalue weighted by molar-refractivity contribution is 0.528. The molecule has 1 heterocycles. The number of aryl methyl sites for hydroxylation is 2. The molecule has 0 fully saturated rings. The van der Waals surface area contributed by atoms with Gasteiger partial charge in [0, 0.05) is 13.1 Å². The van der Waals surface area contributed by atoms with Crippen LogP contribution in [0, 0.1) is 19.3 Å². The molecule has 88 valence electrons. The average molecular weight is 219 g/mol. The summed E-state index contributed by atoms with van der Waals surface area (Å²) < 4.78 is 2.02. The fraction of sp³-hybridized carbons (Fsp3) is 0.615. The van der Waals surface area contributed by atoms with Gasteiger partial charge in [-0.05, 0) is 26.3 Å². The molecule has 0 aromatic carbocycles. The fourth-order valence-corrected chi connectivity index (χ4v) is 1.78. The van der Waals surface area contributed by atoms with E-state index < -0.39 is 0 Å². The molecule has 0 aliphatic heterocycles. The second-order valence-electron chi connectivity index (χ2n) is 3.98. The summed E-state index contributed by atoms with van der Waals surface area (Å²) >= 11 is 0. The summed E-state index contributed by atoms with van der Waals surface area (Å²) in [6.07, 6.45) is 7.59. The number of terminal acetylenes is 1. The summed E-state index contributed by atoms with van der Waals surface area (Å²) in [4.78, 5) is 0. The average Bonchev–Trinajstić information content (AvgIpc) is 2.65. The minimum Gasteiger partial charge on any atom is -0.298 e. The minimum absolute atomic E-state index is 0.172. The van der Waals surface area contributed by atoms with Gasteiger partial charge in [0.2, 0.25) is 0 Å². The third-order valence-electron chi connectivity index (χ3n) is 2.59.